The van der Waals surface area contributed by atoms with Crippen LogP contribution in [0.3, 0.4) is 0 Å². The average molecular weight is 424 g/mol. The molecule has 2 aromatic carbocycles. The van der Waals surface area contributed by atoms with Gasteiger partial charge in [0.1, 0.15) is 11.8 Å². The maximum absolute atomic E-state index is 12.5. The van der Waals surface area contributed by atoms with Crippen molar-refractivity contribution >= 4 is 29.5 Å². The monoisotopic (exact) mass is 423 g/mol. The SMILES string of the molecule is COc1ccc(/C=C/C(=O)NC(C)C(=O)N(C)CC(=O)Nc2c(C)cccc2C)cc1. The molecule has 2 aromatic rings. The molecule has 0 heterocycles. The van der Waals surface area contributed by atoms with Crippen LogP contribution >= 0.6 is 0 Å². The summed E-state index contributed by atoms with van der Waals surface area (Å²) in [7, 11) is 3.11. The molecule has 0 saturated heterocycles. The van der Waals surface area contributed by atoms with Crippen LogP contribution in [0.1, 0.15) is 23.6 Å². The van der Waals surface area contributed by atoms with Crippen molar-refractivity contribution in [1.29, 1.82) is 0 Å². The van der Waals surface area contributed by atoms with Crippen molar-refractivity contribution in [3.63, 3.8) is 0 Å². The van der Waals surface area contributed by atoms with Crippen LogP contribution in [-0.2, 0) is 14.4 Å². The first kappa shape index (κ1) is 23.7. The summed E-state index contributed by atoms with van der Waals surface area (Å²) in [5.74, 6) is -0.329. The molecule has 0 aliphatic carbocycles. The Bertz CT molecular complexity index is 947. The number of methoxy groups -OCH3 is 1. The average Bonchev–Trinajstić information content (AvgIpc) is 2.74. The van der Waals surface area contributed by atoms with Gasteiger partial charge in [0, 0.05) is 18.8 Å². The minimum Gasteiger partial charge on any atom is -0.497 e. The number of amides is 3. The van der Waals surface area contributed by atoms with Crippen LogP contribution < -0.4 is 15.4 Å². The number of carbonyl (C=O) groups excluding carboxylic acids is 3. The van der Waals surface area contributed by atoms with Gasteiger partial charge in [-0.1, -0.05) is 30.3 Å². The van der Waals surface area contributed by atoms with Gasteiger partial charge in [-0.05, 0) is 55.7 Å². The Labute approximate surface area is 183 Å². The minimum absolute atomic E-state index is 0.117. The number of hydrogen-bond acceptors (Lipinski definition) is 4. The zero-order chi connectivity index (χ0) is 23.0. The number of rotatable bonds is 8. The molecule has 7 nitrogen and oxygen atoms in total. The molecule has 0 bridgehead atoms. The zero-order valence-electron chi connectivity index (χ0n) is 18.6. The number of ether oxygens (including phenoxy) is 1. The largest absolute Gasteiger partial charge is 0.497 e. The van der Waals surface area contributed by atoms with E-state index in [9.17, 15) is 14.4 Å². The topological polar surface area (TPSA) is 87.7 Å². The third-order valence-corrected chi connectivity index (χ3v) is 4.77. The van der Waals surface area contributed by atoms with Gasteiger partial charge in [0.25, 0.3) is 0 Å². The molecule has 0 spiro atoms. The molecule has 2 N–H and O–H groups in total. The first-order chi connectivity index (χ1) is 14.7. The van der Waals surface area contributed by atoms with Crippen LogP contribution in [0.4, 0.5) is 5.69 Å². The second-order valence-corrected chi connectivity index (χ2v) is 7.35. The zero-order valence-corrected chi connectivity index (χ0v) is 18.6. The molecule has 0 aromatic heterocycles. The third-order valence-electron chi connectivity index (χ3n) is 4.77. The van der Waals surface area contributed by atoms with Crippen LogP contribution in [0.25, 0.3) is 6.08 Å². The fourth-order valence-electron chi connectivity index (χ4n) is 3.02. The van der Waals surface area contributed by atoms with Gasteiger partial charge in [0.2, 0.25) is 17.7 Å². The van der Waals surface area contributed by atoms with Crippen LogP contribution in [0.2, 0.25) is 0 Å². The van der Waals surface area contributed by atoms with Gasteiger partial charge < -0.3 is 20.3 Å². The first-order valence-corrected chi connectivity index (χ1v) is 9.95. The van der Waals surface area contributed by atoms with Crippen molar-refractivity contribution in [2.45, 2.75) is 26.8 Å². The molecule has 0 fully saturated rings. The molecule has 0 radical (unpaired) electrons. The number of anilines is 1. The molecule has 2 rings (SSSR count). The lowest BCUT2D eigenvalue weighted by Crippen LogP contribution is -2.47. The normalized spacial score (nSPS) is 11.6. The van der Waals surface area contributed by atoms with E-state index in [4.69, 9.17) is 4.74 Å². The maximum atomic E-state index is 12.5. The molecule has 0 aliphatic heterocycles. The number of nitrogens with one attached hydrogen (secondary N) is 2. The van der Waals surface area contributed by atoms with E-state index in [-0.39, 0.29) is 18.4 Å². The number of hydrogen-bond donors (Lipinski definition) is 2. The van der Waals surface area contributed by atoms with E-state index in [0.29, 0.717) is 0 Å². The number of benzene rings is 2. The molecular weight excluding hydrogens is 394 g/mol. The molecule has 1 unspecified atom stereocenters. The molecule has 7 heteroatoms. The summed E-state index contributed by atoms with van der Waals surface area (Å²) in [6.07, 6.45) is 3.01. The van der Waals surface area contributed by atoms with Crippen LogP contribution in [0.5, 0.6) is 5.75 Å². The van der Waals surface area contributed by atoms with E-state index in [1.54, 1.807) is 32.2 Å². The van der Waals surface area contributed by atoms with Gasteiger partial charge in [-0.3, -0.25) is 14.4 Å². The number of likely N-dealkylation sites (N-methyl/N-ethyl adjacent to an activating group) is 1. The number of nitrogens with zero attached hydrogens (tertiary/aromatic N) is 1. The van der Waals surface area contributed by atoms with Gasteiger partial charge in [-0.25, -0.2) is 0 Å². The smallest absolute Gasteiger partial charge is 0.245 e. The van der Waals surface area contributed by atoms with Crippen molar-refractivity contribution < 1.29 is 19.1 Å². The highest BCUT2D eigenvalue weighted by molar-refractivity contribution is 5.98. The van der Waals surface area contributed by atoms with Crippen molar-refractivity contribution in [2.75, 3.05) is 26.0 Å². The van der Waals surface area contributed by atoms with Crippen LogP contribution in [0, 0.1) is 13.8 Å². The lowest BCUT2D eigenvalue weighted by atomic mass is 10.1. The van der Waals surface area contributed by atoms with Crippen LogP contribution in [-0.4, -0.2) is 49.4 Å². The number of aryl methyl sites for hydroxylation is 2. The fraction of sp³-hybridized carbons (Fsp3) is 0.292. The lowest BCUT2D eigenvalue weighted by molar-refractivity contribution is -0.136. The highest BCUT2D eigenvalue weighted by Crippen LogP contribution is 2.19. The second kappa shape index (κ2) is 11.0. The standard InChI is InChI=1S/C24H29N3O4/c1-16-7-6-8-17(2)23(16)26-22(29)15-27(4)24(30)18(3)25-21(28)14-11-19-9-12-20(31-5)13-10-19/h6-14,18H,15H2,1-5H3,(H,25,28)(H,26,29)/b14-11+. The minimum atomic E-state index is -0.772. The van der Waals surface area contributed by atoms with E-state index in [2.05, 4.69) is 10.6 Å². The van der Waals surface area contributed by atoms with E-state index in [1.165, 1.54) is 18.0 Å². The quantitative estimate of drug-likeness (QED) is 0.639. The van der Waals surface area contributed by atoms with Crippen molar-refractivity contribution in [3.8, 4) is 5.75 Å². The second-order valence-electron chi connectivity index (χ2n) is 7.35. The summed E-state index contributed by atoms with van der Waals surface area (Å²) in [6.45, 7) is 5.29. The highest BCUT2D eigenvalue weighted by Gasteiger charge is 2.21. The van der Waals surface area contributed by atoms with Gasteiger partial charge in [-0.2, -0.15) is 0 Å². The van der Waals surface area contributed by atoms with Crippen molar-refractivity contribution in [2.24, 2.45) is 0 Å². The Hall–Kier alpha value is -3.61. The third kappa shape index (κ3) is 6.99. The molecular formula is C24H29N3O4. The summed E-state index contributed by atoms with van der Waals surface area (Å²) in [5.41, 5.74) is 3.48. The molecule has 1 atom stereocenters. The van der Waals surface area contributed by atoms with Gasteiger partial charge in [-0.15, -0.1) is 0 Å². The number of carbonyl (C=O) groups is 3. The van der Waals surface area contributed by atoms with E-state index in [1.807, 2.05) is 44.2 Å². The first-order valence-electron chi connectivity index (χ1n) is 9.95. The Morgan fingerprint density at radius 2 is 1.68 bits per heavy atom. The van der Waals surface area contributed by atoms with E-state index in [0.717, 1.165) is 28.1 Å². The lowest BCUT2D eigenvalue weighted by Gasteiger charge is -2.22. The fourth-order valence-corrected chi connectivity index (χ4v) is 3.02. The van der Waals surface area contributed by atoms with Gasteiger partial charge >= 0.3 is 0 Å². The molecule has 164 valence electrons. The van der Waals surface area contributed by atoms with Crippen molar-refractivity contribution in [3.05, 3.63) is 65.2 Å². The predicted octanol–water partition coefficient (Wildman–Crippen LogP) is 2.93. The van der Waals surface area contributed by atoms with Crippen LogP contribution in [0.15, 0.2) is 48.5 Å². The van der Waals surface area contributed by atoms with Gasteiger partial charge in [0.05, 0.1) is 13.7 Å². The Morgan fingerprint density at radius 1 is 1.06 bits per heavy atom. The number of para-hydroxylation sites is 1. The summed E-state index contributed by atoms with van der Waals surface area (Å²) >= 11 is 0. The van der Waals surface area contributed by atoms with Gasteiger partial charge in [0.15, 0.2) is 0 Å². The summed E-state index contributed by atoms with van der Waals surface area (Å²) in [4.78, 5) is 38.3. The highest BCUT2D eigenvalue weighted by atomic mass is 16.5. The van der Waals surface area contributed by atoms with E-state index < -0.39 is 11.9 Å². The molecule has 3 amide bonds. The molecule has 31 heavy (non-hydrogen) atoms. The summed E-state index contributed by atoms with van der Waals surface area (Å²) in [5, 5.41) is 5.47. The summed E-state index contributed by atoms with van der Waals surface area (Å²) < 4.78 is 5.09. The predicted molar refractivity (Wildman–Crippen MR) is 122 cm³/mol. The Morgan fingerprint density at radius 3 is 2.26 bits per heavy atom. The summed E-state index contributed by atoms with van der Waals surface area (Å²) in [6, 6.07) is 12.2. The molecule has 0 aliphatic rings. The Balaban J connectivity index is 1.87. The maximum Gasteiger partial charge on any atom is 0.245 e. The molecule has 0 saturated carbocycles. The van der Waals surface area contributed by atoms with Crippen molar-refractivity contribution in [1.82, 2.24) is 10.2 Å². The van der Waals surface area contributed by atoms with E-state index >= 15 is 0 Å². The Kier molecular flexibility index (Phi) is 8.37.